The van der Waals surface area contributed by atoms with Crippen LogP contribution in [0.15, 0.2) is 50.7 Å². The quantitative estimate of drug-likeness (QED) is 0.472. The molecule has 0 aliphatic carbocycles. The Morgan fingerprint density at radius 3 is 2.58 bits per heavy atom. The lowest BCUT2D eigenvalue weighted by Gasteiger charge is -2.08. The molecule has 0 unspecified atom stereocenters. The van der Waals surface area contributed by atoms with E-state index in [-0.39, 0.29) is 23.5 Å². The lowest BCUT2D eigenvalue weighted by molar-refractivity contribution is 0.0969. The van der Waals surface area contributed by atoms with Crippen LogP contribution in [-0.2, 0) is 13.6 Å². The zero-order chi connectivity index (χ0) is 18.8. The zero-order valence-electron chi connectivity index (χ0n) is 14.3. The normalized spacial score (nSPS) is 11.5. The Labute approximate surface area is 157 Å². The first kappa shape index (κ1) is 18.1. The van der Waals surface area contributed by atoms with E-state index in [4.69, 9.17) is 0 Å². The van der Waals surface area contributed by atoms with E-state index in [0.29, 0.717) is 10.3 Å². The maximum atomic E-state index is 12.9. The van der Waals surface area contributed by atoms with Crippen molar-refractivity contribution in [3.8, 4) is 0 Å². The number of imidazole rings is 1. The summed E-state index contributed by atoms with van der Waals surface area (Å²) in [6.45, 7) is 1.64. The van der Waals surface area contributed by atoms with Crippen LogP contribution in [-0.4, -0.2) is 24.5 Å². The van der Waals surface area contributed by atoms with Gasteiger partial charge in [-0.1, -0.05) is 43.3 Å². The molecule has 0 radical (unpaired) electrons. The minimum atomic E-state index is -0.580. The number of carbonyl (C=O) groups is 1. The van der Waals surface area contributed by atoms with Crippen molar-refractivity contribution in [3.63, 3.8) is 0 Å². The van der Waals surface area contributed by atoms with Gasteiger partial charge in [-0.25, -0.2) is 9.78 Å². The molecule has 8 heteroatoms. The van der Waals surface area contributed by atoms with Crippen LogP contribution < -0.4 is 11.2 Å². The van der Waals surface area contributed by atoms with Crippen LogP contribution >= 0.6 is 15.9 Å². The average Bonchev–Trinajstić information content (AvgIpc) is 2.98. The van der Waals surface area contributed by atoms with E-state index in [1.807, 2.05) is 13.0 Å². The van der Waals surface area contributed by atoms with E-state index in [1.165, 1.54) is 11.6 Å². The van der Waals surface area contributed by atoms with E-state index in [1.54, 1.807) is 41.1 Å². The Kier molecular flexibility index (Phi) is 5.03. The van der Waals surface area contributed by atoms with Crippen LogP contribution in [0.1, 0.15) is 23.7 Å². The molecule has 0 saturated heterocycles. The fraction of sp³-hybridized carbons (Fsp3) is 0.222. The molecule has 0 aliphatic rings. The SMILES string of the molecule is CCC=Cn1c(Br)nc2c1c(=O)n(CC(=O)c1ccccc1)c(=O)n2C. The highest BCUT2D eigenvalue weighted by Gasteiger charge is 2.20. The number of hydrogen-bond acceptors (Lipinski definition) is 4. The fourth-order valence-electron chi connectivity index (χ4n) is 2.66. The van der Waals surface area contributed by atoms with Gasteiger partial charge in [-0.05, 0) is 22.4 Å². The van der Waals surface area contributed by atoms with Crippen molar-refractivity contribution < 1.29 is 4.79 Å². The van der Waals surface area contributed by atoms with E-state index in [2.05, 4.69) is 20.9 Å². The van der Waals surface area contributed by atoms with Gasteiger partial charge in [0.2, 0.25) is 0 Å². The van der Waals surface area contributed by atoms with Gasteiger partial charge in [-0.3, -0.25) is 23.3 Å². The number of carbonyl (C=O) groups excluding carboxylic acids is 1. The molecule has 2 aromatic heterocycles. The summed E-state index contributed by atoms with van der Waals surface area (Å²) >= 11 is 3.31. The predicted molar refractivity (Wildman–Crippen MR) is 103 cm³/mol. The van der Waals surface area contributed by atoms with E-state index in [0.717, 1.165) is 11.0 Å². The summed E-state index contributed by atoms with van der Waals surface area (Å²) in [6.07, 6.45) is 4.36. The molecule has 0 aliphatic heterocycles. The van der Waals surface area contributed by atoms with Crippen molar-refractivity contribution in [2.24, 2.45) is 7.05 Å². The van der Waals surface area contributed by atoms with E-state index >= 15 is 0 Å². The summed E-state index contributed by atoms with van der Waals surface area (Å²) in [5.74, 6) is -0.307. The standard InChI is InChI=1S/C18H17BrN4O3/c1-3-4-10-22-14-15(20-17(22)19)21(2)18(26)23(16(14)25)11-13(24)12-8-6-5-7-9-12/h4-10H,3,11H2,1-2H3. The summed E-state index contributed by atoms with van der Waals surface area (Å²) in [5.41, 5.74) is -0.183. The monoisotopic (exact) mass is 416 g/mol. The molecular weight excluding hydrogens is 400 g/mol. The molecule has 134 valence electrons. The fourth-order valence-corrected chi connectivity index (χ4v) is 3.12. The summed E-state index contributed by atoms with van der Waals surface area (Å²) < 4.78 is 4.21. The zero-order valence-corrected chi connectivity index (χ0v) is 15.9. The number of aromatic nitrogens is 4. The number of hydrogen-bond donors (Lipinski definition) is 0. The maximum Gasteiger partial charge on any atom is 0.332 e. The van der Waals surface area contributed by atoms with Crippen molar-refractivity contribution in [2.75, 3.05) is 0 Å². The summed E-state index contributed by atoms with van der Waals surface area (Å²) in [4.78, 5) is 42.3. The van der Waals surface area contributed by atoms with Crippen LogP contribution in [0.5, 0.6) is 0 Å². The predicted octanol–water partition coefficient (Wildman–Crippen LogP) is 2.42. The van der Waals surface area contributed by atoms with Gasteiger partial charge in [-0.15, -0.1) is 0 Å². The van der Waals surface area contributed by atoms with Gasteiger partial charge in [0.05, 0.1) is 6.54 Å². The molecule has 0 N–H and O–H groups in total. The summed E-state index contributed by atoms with van der Waals surface area (Å²) in [6, 6.07) is 8.57. The topological polar surface area (TPSA) is 78.9 Å². The Morgan fingerprint density at radius 2 is 1.92 bits per heavy atom. The van der Waals surface area contributed by atoms with Gasteiger partial charge in [-0.2, -0.15) is 0 Å². The largest absolute Gasteiger partial charge is 0.332 e. The number of aryl methyl sites for hydroxylation is 1. The first-order valence-electron chi connectivity index (χ1n) is 8.07. The molecule has 3 rings (SSSR count). The van der Waals surface area contributed by atoms with E-state index in [9.17, 15) is 14.4 Å². The van der Waals surface area contributed by atoms with Gasteiger partial charge < -0.3 is 0 Å². The highest BCUT2D eigenvalue weighted by Crippen LogP contribution is 2.16. The first-order valence-corrected chi connectivity index (χ1v) is 8.87. The van der Waals surface area contributed by atoms with Crippen molar-refractivity contribution in [2.45, 2.75) is 19.9 Å². The molecule has 7 nitrogen and oxygen atoms in total. The third-order valence-electron chi connectivity index (χ3n) is 4.02. The minimum Gasteiger partial charge on any atom is -0.292 e. The Hall–Kier alpha value is -2.74. The number of halogens is 1. The van der Waals surface area contributed by atoms with Crippen molar-refractivity contribution >= 4 is 39.1 Å². The highest BCUT2D eigenvalue weighted by molar-refractivity contribution is 9.10. The Morgan fingerprint density at radius 1 is 1.23 bits per heavy atom. The van der Waals surface area contributed by atoms with Crippen molar-refractivity contribution in [1.82, 2.24) is 18.7 Å². The number of ketones is 1. The molecule has 0 bridgehead atoms. The lowest BCUT2D eigenvalue weighted by Crippen LogP contribution is -2.41. The second-order valence-electron chi connectivity index (χ2n) is 5.74. The first-order chi connectivity index (χ1) is 12.5. The molecule has 1 aromatic carbocycles. The third kappa shape index (κ3) is 3.08. The number of nitrogens with zero attached hydrogens (tertiary/aromatic N) is 4. The lowest BCUT2D eigenvalue weighted by atomic mass is 10.1. The second-order valence-corrected chi connectivity index (χ2v) is 6.45. The maximum absolute atomic E-state index is 12.9. The molecule has 0 saturated carbocycles. The van der Waals surface area contributed by atoms with Crippen LogP contribution in [0.2, 0.25) is 0 Å². The van der Waals surface area contributed by atoms with Gasteiger partial charge in [0.1, 0.15) is 0 Å². The third-order valence-corrected chi connectivity index (χ3v) is 4.58. The molecular formula is C18H17BrN4O3. The Balaban J connectivity index is 2.20. The van der Waals surface area contributed by atoms with Crippen molar-refractivity contribution in [1.29, 1.82) is 0 Å². The van der Waals surface area contributed by atoms with Crippen LogP contribution in [0, 0.1) is 0 Å². The number of allylic oxidation sites excluding steroid dienone is 1. The average molecular weight is 417 g/mol. The van der Waals surface area contributed by atoms with E-state index < -0.39 is 11.2 Å². The smallest absolute Gasteiger partial charge is 0.292 e. The van der Waals surface area contributed by atoms with Crippen LogP contribution in [0.4, 0.5) is 0 Å². The van der Waals surface area contributed by atoms with Crippen LogP contribution in [0.3, 0.4) is 0 Å². The van der Waals surface area contributed by atoms with Crippen molar-refractivity contribution in [3.05, 3.63) is 67.5 Å². The molecule has 0 fully saturated rings. The van der Waals surface area contributed by atoms with Gasteiger partial charge >= 0.3 is 5.69 Å². The summed E-state index contributed by atoms with van der Waals surface area (Å²) in [7, 11) is 1.53. The highest BCUT2D eigenvalue weighted by atomic mass is 79.9. The molecule has 0 atom stereocenters. The molecule has 0 spiro atoms. The molecule has 3 aromatic rings. The molecule has 2 heterocycles. The van der Waals surface area contributed by atoms with Gasteiger partial charge in [0, 0.05) is 18.8 Å². The minimum absolute atomic E-state index is 0.240. The second kappa shape index (κ2) is 7.25. The Bertz CT molecular complexity index is 1120. The van der Waals surface area contributed by atoms with Gasteiger partial charge in [0.15, 0.2) is 21.7 Å². The summed E-state index contributed by atoms with van der Waals surface area (Å²) in [5, 5.41) is 0. The molecule has 26 heavy (non-hydrogen) atoms. The molecule has 0 amide bonds. The number of benzene rings is 1. The number of fused-ring (bicyclic) bond motifs is 1. The number of Topliss-reactive ketones (excluding diaryl/α,β-unsaturated/α-hetero) is 1. The van der Waals surface area contributed by atoms with Crippen LogP contribution in [0.25, 0.3) is 17.4 Å². The number of rotatable bonds is 5. The van der Waals surface area contributed by atoms with Gasteiger partial charge in [0.25, 0.3) is 5.56 Å².